The van der Waals surface area contributed by atoms with Gasteiger partial charge in [0.1, 0.15) is 11.2 Å². The number of allylic oxidation sites excluding steroid dienone is 5. The first-order chi connectivity index (χ1) is 24.3. The van der Waals surface area contributed by atoms with E-state index in [0.29, 0.717) is 0 Å². The average molecular weight is 630 g/mol. The van der Waals surface area contributed by atoms with E-state index in [9.17, 15) is 0 Å². The van der Waals surface area contributed by atoms with Gasteiger partial charge in [-0.2, -0.15) is 0 Å². The van der Waals surface area contributed by atoms with Crippen LogP contribution in [0, 0.1) is 0 Å². The molecule has 0 saturated heterocycles. The molecule has 0 atom stereocenters. The highest BCUT2D eigenvalue weighted by atomic mass is 16.3. The highest BCUT2D eigenvalue weighted by molar-refractivity contribution is 6.12. The second-order valence-corrected chi connectivity index (χ2v) is 13.4. The van der Waals surface area contributed by atoms with E-state index in [1.807, 2.05) is 0 Å². The van der Waals surface area contributed by atoms with Gasteiger partial charge in [0.05, 0.1) is 5.41 Å². The van der Waals surface area contributed by atoms with Crippen molar-refractivity contribution in [3.8, 4) is 11.1 Å². The smallest absolute Gasteiger partial charge is 0.143 e. The maximum atomic E-state index is 6.79. The summed E-state index contributed by atoms with van der Waals surface area (Å²) >= 11 is 0. The average Bonchev–Trinajstić information content (AvgIpc) is 3.70. The molecular weight excluding hydrogens is 595 g/mol. The fourth-order valence-corrected chi connectivity index (χ4v) is 8.84. The predicted molar refractivity (Wildman–Crippen MR) is 202 cm³/mol. The number of hydrogen-bond donors (Lipinski definition) is 0. The summed E-state index contributed by atoms with van der Waals surface area (Å²) in [5, 5.41) is 2.31. The molecule has 0 saturated carbocycles. The summed E-state index contributed by atoms with van der Waals surface area (Å²) < 4.78 is 6.79. The van der Waals surface area contributed by atoms with E-state index in [-0.39, 0.29) is 0 Å². The van der Waals surface area contributed by atoms with Crippen LogP contribution >= 0.6 is 0 Å². The van der Waals surface area contributed by atoms with Gasteiger partial charge in [-0.05, 0) is 95.0 Å². The highest BCUT2D eigenvalue weighted by Crippen LogP contribution is 2.59. The molecule has 7 aromatic rings. The number of hydrogen-bond acceptors (Lipinski definition) is 2. The Morgan fingerprint density at radius 1 is 0.571 bits per heavy atom. The number of para-hydroxylation sites is 2. The van der Waals surface area contributed by atoms with Crippen LogP contribution < -0.4 is 4.90 Å². The molecule has 0 amide bonds. The first-order valence-electron chi connectivity index (χ1n) is 17.5. The minimum Gasteiger partial charge on any atom is -0.455 e. The van der Waals surface area contributed by atoms with Crippen molar-refractivity contribution in [1.82, 2.24) is 0 Å². The fourth-order valence-electron chi connectivity index (χ4n) is 8.84. The Morgan fingerprint density at radius 2 is 1.29 bits per heavy atom. The molecule has 10 rings (SSSR count). The Balaban J connectivity index is 1.30. The normalized spacial score (nSPS) is 16.0. The Kier molecular flexibility index (Phi) is 6.39. The van der Waals surface area contributed by atoms with Crippen molar-refractivity contribution >= 4 is 33.3 Å². The summed E-state index contributed by atoms with van der Waals surface area (Å²) in [7, 11) is 0. The van der Waals surface area contributed by atoms with Gasteiger partial charge < -0.3 is 9.32 Å². The standard InChI is InChI=1S/C47H35NO/c1-4-17-33(18-5-1)47(34-19-6-2-7-20-34)41-30-29-39-38-24-12-13-26-44(38)49-46(39)45(41)40-28-27-36(31-42(40)47)48(35-21-8-3-9-22-35)43-25-14-16-32-15-10-11-23-37(32)43/h1-10,12-13,15,17-22,24-31H,11,14,16,23H2. The van der Waals surface area contributed by atoms with Crippen molar-refractivity contribution in [3.05, 3.63) is 203 Å². The van der Waals surface area contributed by atoms with E-state index in [1.54, 1.807) is 0 Å². The van der Waals surface area contributed by atoms with Crippen LogP contribution in [0.4, 0.5) is 11.4 Å². The largest absolute Gasteiger partial charge is 0.455 e. The molecule has 1 heterocycles. The quantitative estimate of drug-likeness (QED) is 0.188. The molecule has 49 heavy (non-hydrogen) atoms. The van der Waals surface area contributed by atoms with Crippen molar-refractivity contribution in [2.75, 3.05) is 4.90 Å². The SMILES string of the molecule is C1=CC2=C(CC1)C(N(c1ccccc1)c1ccc3c(c1)C(c1ccccc1)(c1ccccc1)c1ccc4c(oc5ccccc54)c1-3)=CCC2. The molecule has 0 N–H and O–H groups in total. The molecule has 6 aromatic carbocycles. The molecule has 234 valence electrons. The summed E-state index contributed by atoms with van der Waals surface area (Å²) in [6, 6.07) is 53.3. The van der Waals surface area contributed by atoms with E-state index in [0.717, 1.165) is 47.6 Å². The minimum atomic E-state index is -0.544. The van der Waals surface area contributed by atoms with E-state index in [4.69, 9.17) is 4.42 Å². The lowest BCUT2D eigenvalue weighted by molar-refractivity contribution is 0.669. The van der Waals surface area contributed by atoms with E-state index < -0.39 is 5.41 Å². The minimum absolute atomic E-state index is 0.544. The monoisotopic (exact) mass is 629 g/mol. The number of furan rings is 1. The lowest BCUT2D eigenvalue weighted by atomic mass is 9.67. The molecule has 0 radical (unpaired) electrons. The predicted octanol–water partition coefficient (Wildman–Crippen LogP) is 12.4. The second-order valence-electron chi connectivity index (χ2n) is 13.4. The molecule has 0 aliphatic heterocycles. The van der Waals surface area contributed by atoms with Gasteiger partial charge in [0, 0.05) is 33.4 Å². The van der Waals surface area contributed by atoms with Crippen molar-refractivity contribution in [2.24, 2.45) is 0 Å². The van der Waals surface area contributed by atoms with Crippen LogP contribution in [-0.2, 0) is 5.41 Å². The lowest BCUT2D eigenvalue weighted by Crippen LogP contribution is -2.29. The van der Waals surface area contributed by atoms with Crippen LogP contribution in [0.2, 0.25) is 0 Å². The molecular formula is C47H35NO. The first-order valence-corrected chi connectivity index (χ1v) is 17.5. The van der Waals surface area contributed by atoms with Crippen LogP contribution in [0.5, 0.6) is 0 Å². The van der Waals surface area contributed by atoms with Gasteiger partial charge in [-0.3, -0.25) is 0 Å². The highest BCUT2D eigenvalue weighted by Gasteiger charge is 2.48. The first kappa shape index (κ1) is 28.2. The summed E-state index contributed by atoms with van der Waals surface area (Å²) in [6.07, 6.45) is 11.5. The summed E-state index contributed by atoms with van der Waals surface area (Å²) in [6.45, 7) is 0. The van der Waals surface area contributed by atoms with E-state index >= 15 is 0 Å². The molecule has 0 bridgehead atoms. The Hall–Kier alpha value is -5.86. The number of rotatable bonds is 5. The van der Waals surface area contributed by atoms with Crippen LogP contribution in [0.15, 0.2) is 185 Å². The van der Waals surface area contributed by atoms with Gasteiger partial charge >= 0.3 is 0 Å². The van der Waals surface area contributed by atoms with Gasteiger partial charge in [0.2, 0.25) is 0 Å². The molecule has 0 spiro atoms. The fraction of sp³-hybridized carbons (Fsp3) is 0.106. The van der Waals surface area contributed by atoms with E-state index in [2.05, 4.69) is 169 Å². The van der Waals surface area contributed by atoms with Crippen LogP contribution in [0.25, 0.3) is 33.1 Å². The van der Waals surface area contributed by atoms with Crippen molar-refractivity contribution in [2.45, 2.75) is 31.1 Å². The third-order valence-corrected chi connectivity index (χ3v) is 10.9. The van der Waals surface area contributed by atoms with E-state index in [1.165, 1.54) is 61.6 Å². The lowest BCUT2D eigenvalue weighted by Gasteiger charge is -2.36. The van der Waals surface area contributed by atoms with Crippen molar-refractivity contribution in [1.29, 1.82) is 0 Å². The Morgan fingerprint density at radius 3 is 2.06 bits per heavy atom. The maximum Gasteiger partial charge on any atom is 0.143 e. The van der Waals surface area contributed by atoms with Gasteiger partial charge in [0.15, 0.2) is 0 Å². The number of benzene rings is 6. The molecule has 1 aromatic heterocycles. The van der Waals surface area contributed by atoms with Gasteiger partial charge in [-0.25, -0.2) is 0 Å². The molecule has 2 heteroatoms. The van der Waals surface area contributed by atoms with Crippen molar-refractivity contribution in [3.63, 3.8) is 0 Å². The zero-order chi connectivity index (χ0) is 32.4. The van der Waals surface area contributed by atoms with Crippen LogP contribution in [-0.4, -0.2) is 0 Å². The van der Waals surface area contributed by atoms with Gasteiger partial charge in [-0.15, -0.1) is 0 Å². The van der Waals surface area contributed by atoms with Crippen molar-refractivity contribution < 1.29 is 4.42 Å². The molecule has 0 unspecified atom stereocenters. The van der Waals surface area contributed by atoms with Gasteiger partial charge in [-0.1, -0.05) is 133 Å². The topological polar surface area (TPSA) is 16.4 Å². The summed E-state index contributed by atoms with van der Waals surface area (Å²) in [5.74, 6) is 0. The number of fused-ring (bicyclic) bond motifs is 7. The molecule has 0 fully saturated rings. The van der Waals surface area contributed by atoms with Crippen LogP contribution in [0.3, 0.4) is 0 Å². The third kappa shape index (κ3) is 4.14. The molecule has 3 aliphatic carbocycles. The zero-order valence-electron chi connectivity index (χ0n) is 27.3. The summed E-state index contributed by atoms with van der Waals surface area (Å²) in [4.78, 5) is 2.51. The van der Waals surface area contributed by atoms with Crippen LogP contribution in [0.1, 0.15) is 47.9 Å². The molecule has 2 nitrogen and oxygen atoms in total. The summed E-state index contributed by atoms with van der Waals surface area (Å²) in [5.41, 5.74) is 15.4. The van der Waals surface area contributed by atoms with Gasteiger partial charge in [0.25, 0.3) is 0 Å². The zero-order valence-corrected chi connectivity index (χ0v) is 27.3. The second kappa shape index (κ2) is 11.1. The number of nitrogens with zero attached hydrogens (tertiary/aromatic N) is 1. The maximum absolute atomic E-state index is 6.79. The molecule has 3 aliphatic rings. The number of anilines is 2. The third-order valence-electron chi connectivity index (χ3n) is 10.9. The Bertz CT molecular complexity index is 2440. The Labute approximate surface area is 287 Å².